The monoisotopic (exact) mass is 246 g/mol. The Kier molecular flexibility index (Phi) is 3.23. The van der Waals surface area contributed by atoms with Crippen LogP contribution in [0.5, 0.6) is 5.75 Å². The van der Waals surface area contributed by atoms with Crippen LogP contribution in [0.15, 0.2) is 53.8 Å². The minimum absolute atomic E-state index is 0.0761. The number of rotatable bonds is 2. The minimum atomic E-state index is -2.01. The standard InChI is InChI=1S/C14H14O4/c15-12-5-3-10(4-6-12)1-2-11-7-13(16)9-14(17,18)8-11/h1-8,15-18H,9H2. The van der Waals surface area contributed by atoms with Crippen molar-refractivity contribution in [2.45, 2.75) is 12.2 Å². The lowest BCUT2D eigenvalue weighted by molar-refractivity contribution is -0.122. The summed E-state index contributed by atoms with van der Waals surface area (Å²) < 4.78 is 0. The quantitative estimate of drug-likeness (QED) is 0.600. The highest BCUT2D eigenvalue weighted by Gasteiger charge is 2.25. The minimum Gasteiger partial charge on any atom is -0.512 e. The third kappa shape index (κ3) is 3.23. The maximum Gasteiger partial charge on any atom is 0.190 e. The van der Waals surface area contributed by atoms with Crippen LogP contribution in [0, 0.1) is 0 Å². The highest BCUT2D eigenvalue weighted by molar-refractivity contribution is 5.56. The molecule has 1 aromatic carbocycles. The smallest absolute Gasteiger partial charge is 0.190 e. The van der Waals surface area contributed by atoms with E-state index in [2.05, 4.69) is 0 Å². The Bertz CT molecular complexity index is 521. The fourth-order valence-corrected chi connectivity index (χ4v) is 1.74. The second-order valence-electron chi connectivity index (χ2n) is 4.26. The second kappa shape index (κ2) is 4.68. The Morgan fingerprint density at radius 1 is 1.00 bits per heavy atom. The Balaban J connectivity index is 2.18. The zero-order valence-corrected chi connectivity index (χ0v) is 9.61. The Hall–Kier alpha value is -2.04. The fraction of sp³-hybridized carbons (Fsp3) is 0.143. The number of phenols is 1. The van der Waals surface area contributed by atoms with Gasteiger partial charge >= 0.3 is 0 Å². The topological polar surface area (TPSA) is 80.9 Å². The summed E-state index contributed by atoms with van der Waals surface area (Å²) in [6.07, 6.45) is 5.94. The molecule has 0 amide bonds. The average molecular weight is 246 g/mol. The molecule has 0 spiro atoms. The van der Waals surface area contributed by atoms with Gasteiger partial charge in [-0.2, -0.15) is 0 Å². The van der Waals surface area contributed by atoms with Crippen molar-refractivity contribution in [3.8, 4) is 5.75 Å². The Morgan fingerprint density at radius 2 is 1.67 bits per heavy atom. The molecule has 0 heterocycles. The van der Waals surface area contributed by atoms with Crippen molar-refractivity contribution in [3.63, 3.8) is 0 Å². The molecule has 1 aliphatic rings. The van der Waals surface area contributed by atoms with E-state index in [1.807, 2.05) is 0 Å². The lowest BCUT2D eigenvalue weighted by Crippen LogP contribution is -2.28. The summed E-state index contributed by atoms with van der Waals surface area (Å²) in [5, 5.41) is 37.4. The molecule has 4 nitrogen and oxygen atoms in total. The van der Waals surface area contributed by atoms with Gasteiger partial charge in [0.15, 0.2) is 5.79 Å². The van der Waals surface area contributed by atoms with Crippen LogP contribution in [0.2, 0.25) is 0 Å². The number of aromatic hydroxyl groups is 1. The number of aliphatic hydroxyl groups is 3. The van der Waals surface area contributed by atoms with E-state index in [0.29, 0.717) is 5.57 Å². The zero-order valence-electron chi connectivity index (χ0n) is 9.61. The van der Waals surface area contributed by atoms with Crippen LogP contribution in [0.25, 0.3) is 6.08 Å². The summed E-state index contributed by atoms with van der Waals surface area (Å²) in [7, 11) is 0. The molecule has 1 aromatic rings. The number of benzene rings is 1. The van der Waals surface area contributed by atoms with Gasteiger partial charge in [0, 0.05) is 0 Å². The summed E-state index contributed by atoms with van der Waals surface area (Å²) >= 11 is 0. The fourth-order valence-electron chi connectivity index (χ4n) is 1.74. The molecular formula is C14H14O4. The van der Waals surface area contributed by atoms with E-state index in [9.17, 15) is 15.3 Å². The van der Waals surface area contributed by atoms with E-state index in [-0.39, 0.29) is 17.9 Å². The van der Waals surface area contributed by atoms with Crippen LogP contribution >= 0.6 is 0 Å². The predicted octanol–water partition coefficient (Wildman–Crippen LogP) is 1.86. The molecule has 2 rings (SSSR count). The highest BCUT2D eigenvalue weighted by Crippen LogP contribution is 2.24. The number of hydrogen-bond donors (Lipinski definition) is 4. The molecule has 0 unspecified atom stereocenters. The van der Waals surface area contributed by atoms with Crippen molar-refractivity contribution >= 4 is 6.08 Å². The molecule has 0 radical (unpaired) electrons. The maximum absolute atomic E-state index is 9.46. The maximum atomic E-state index is 9.46. The molecule has 0 atom stereocenters. The molecule has 0 aromatic heterocycles. The molecular weight excluding hydrogens is 232 g/mol. The van der Waals surface area contributed by atoms with Gasteiger partial charge < -0.3 is 20.4 Å². The average Bonchev–Trinajstić information content (AvgIpc) is 2.25. The van der Waals surface area contributed by atoms with Crippen LogP contribution in [-0.2, 0) is 0 Å². The van der Waals surface area contributed by atoms with Crippen LogP contribution in [0.1, 0.15) is 12.0 Å². The van der Waals surface area contributed by atoms with Crippen LogP contribution in [0.3, 0.4) is 0 Å². The van der Waals surface area contributed by atoms with E-state index in [1.54, 1.807) is 36.4 Å². The van der Waals surface area contributed by atoms with Crippen LogP contribution < -0.4 is 0 Å². The van der Waals surface area contributed by atoms with Crippen molar-refractivity contribution in [3.05, 3.63) is 59.4 Å². The summed E-state index contributed by atoms with van der Waals surface area (Å²) in [6.45, 7) is 0. The number of hydrogen-bond acceptors (Lipinski definition) is 4. The SMILES string of the molecule is OC1=CC(C=Cc2ccc(O)cc2)=CC(O)(O)C1. The summed E-state index contributed by atoms with van der Waals surface area (Å²) in [5.41, 5.74) is 1.37. The predicted molar refractivity (Wildman–Crippen MR) is 67.7 cm³/mol. The normalized spacial score (nSPS) is 18.6. The number of phenolic OH excluding ortho intramolecular Hbond substituents is 1. The largest absolute Gasteiger partial charge is 0.512 e. The van der Waals surface area contributed by atoms with Crippen LogP contribution in [0.4, 0.5) is 0 Å². The number of aliphatic hydroxyl groups excluding tert-OH is 1. The van der Waals surface area contributed by atoms with Crippen molar-refractivity contribution in [2.75, 3.05) is 0 Å². The third-order valence-corrected chi connectivity index (χ3v) is 2.53. The van der Waals surface area contributed by atoms with Gasteiger partial charge in [-0.1, -0.05) is 24.3 Å². The van der Waals surface area contributed by atoms with Gasteiger partial charge in [-0.15, -0.1) is 0 Å². The van der Waals surface area contributed by atoms with E-state index in [0.717, 1.165) is 5.56 Å². The van der Waals surface area contributed by atoms with Gasteiger partial charge in [-0.3, -0.25) is 0 Å². The van der Waals surface area contributed by atoms with E-state index < -0.39 is 5.79 Å². The third-order valence-electron chi connectivity index (χ3n) is 2.53. The summed E-state index contributed by atoms with van der Waals surface area (Å²) in [6, 6.07) is 6.57. The highest BCUT2D eigenvalue weighted by atomic mass is 16.5. The molecule has 0 aliphatic heterocycles. The summed E-state index contributed by atoms with van der Waals surface area (Å²) in [4.78, 5) is 0. The van der Waals surface area contributed by atoms with Gasteiger partial charge in [-0.05, 0) is 35.4 Å². The second-order valence-corrected chi connectivity index (χ2v) is 4.26. The molecule has 0 saturated heterocycles. The Morgan fingerprint density at radius 3 is 2.28 bits per heavy atom. The first-order chi connectivity index (χ1) is 8.44. The first kappa shape index (κ1) is 12.4. The van der Waals surface area contributed by atoms with Gasteiger partial charge in [0.2, 0.25) is 0 Å². The van der Waals surface area contributed by atoms with Crippen molar-refractivity contribution in [2.24, 2.45) is 0 Å². The molecule has 94 valence electrons. The lowest BCUT2D eigenvalue weighted by atomic mass is 9.99. The molecule has 0 saturated carbocycles. The first-order valence-corrected chi connectivity index (χ1v) is 5.49. The van der Waals surface area contributed by atoms with E-state index >= 15 is 0 Å². The van der Waals surface area contributed by atoms with Gasteiger partial charge in [0.1, 0.15) is 5.75 Å². The van der Waals surface area contributed by atoms with E-state index in [4.69, 9.17) is 5.11 Å². The van der Waals surface area contributed by atoms with Crippen molar-refractivity contribution < 1.29 is 20.4 Å². The Labute approximate surface area is 104 Å². The molecule has 4 heteroatoms. The first-order valence-electron chi connectivity index (χ1n) is 5.49. The number of allylic oxidation sites excluding steroid dienone is 3. The van der Waals surface area contributed by atoms with Gasteiger partial charge in [0.25, 0.3) is 0 Å². The summed E-state index contributed by atoms with van der Waals surface area (Å²) in [5.74, 6) is -1.90. The van der Waals surface area contributed by atoms with Crippen molar-refractivity contribution in [1.82, 2.24) is 0 Å². The molecule has 18 heavy (non-hydrogen) atoms. The molecule has 0 bridgehead atoms. The lowest BCUT2D eigenvalue weighted by Gasteiger charge is -2.21. The van der Waals surface area contributed by atoms with Gasteiger partial charge in [-0.25, -0.2) is 0 Å². The van der Waals surface area contributed by atoms with Gasteiger partial charge in [0.05, 0.1) is 12.2 Å². The van der Waals surface area contributed by atoms with Crippen LogP contribution in [-0.4, -0.2) is 26.2 Å². The molecule has 0 fully saturated rings. The molecule has 4 N–H and O–H groups in total. The van der Waals surface area contributed by atoms with E-state index in [1.165, 1.54) is 12.2 Å². The molecule has 1 aliphatic carbocycles. The zero-order chi connectivity index (χ0) is 13.2. The van der Waals surface area contributed by atoms with Crippen molar-refractivity contribution in [1.29, 1.82) is 0 Å².